The van der Waals surface area contributed by atoms with Gasteiger partial charge in [-0.2, -0.15) is 0 Å². The molecule has 1 atom stereocenters. The molecule has 2 aromatic carbocycles. The monoisotopic (exact) mass is 572 g/mol. The molecule has 4 aromatic rings. The largest absolute Gasteiger partial charge is 0.399 e. The van der Waals surface area contributed by atoms with Crippen LogP contribution in [0.25, 0.3) is 21.7 Å². The minimum atomic E-state index is -0.492. The predicted molar refractivity (Wildman–Crippen MR) is 166 cm³/mol. The third-order valence-electron chi connectivity index (χ3n) is 8.43. The third kappa shape index (κ3) is 4.97. The van der Waals surface area contributed by atoms with Crippen LogP contribution in [-0.2, 0) is 7.05 Å². The molecule has 6 N–H and O–H groups in total. The number of hydrazine groups is 1. The number of nitrogens with two attached hydrogens (primary N) is 2. The summed E-state index contributed by atoms with van der Waals surface area (Å²) in [6.45, 7) is 7.21. The standard InChI is InChI=1S/C31H37ClN8O/c1-30(2,3)16-35-28-23-10-19(11-24(32)26(23)36-17-37-28)38-27(25(33)15-40(34)31-12-18(13-31)14-31)21-6-5-7-22-20(21)8-9-39(4)29(22)41/h5-11,15,17-18,27,38H,12-14,16,33-34H2,1-4H3,(H,35,36,37)/b25-15-. The topological polar surface area (TPSA) is 127 Å². The molecule has 0 aliphatic heterocycles. The zero-order valence-corrected chi connectivity index (χ0v) is 24.7. The summed E-state index contributed by atoms with van der Waals surface area (Å²) >= 11 is 6.77. The highest BCUT2D eigenvalue weighted by molar-refractivity contribution is 6.35. The molecule has 10 heteroatoms. The quantitative estimate of drug-likeness (QED) is 0.166. The molecule has 7 rings (SSSR count). The molecule has 3 fully saturated rings. The number of pyridine rings is 1. The van der Waals surface area contributed by atoms with E-state index in [1.54, 1.807) is 22.8 Å². The Balaban J connectivity index is 1.44. The van der Waals surface area contributed by atoms with Crippen LogP contribution in [0.1, 0.15) is 51.6 Å². The van der Waals surface area contributed by atoms with Crippen LogP contribution in [0.3, 0.4) is 0 Å². The number of aromatic nitrogens is 3. The van der Waals surface area contributed by atoms with Crippen molar-refractivity contribution in [1.82, 2.24) is 19.5 Å². The maximum atomic E-state index is 13.0. The lowest BCUT2D eigenvalue weighted by atomic mass is 9.49. The van der Waals surface area contributed by atoms with Crippen molar-refractivity contribution >= 4 is 44.8 Å². The average molecular weight is 573 g/mol. The lowest BCUT2D eigenvalue weighted by Crippen LogP contribution is -2.68. The number of benzene rings is 2. The Labute approximate surface area is 244 Å². The van der Waals surface area contributed by atoms with Gasteiger partial charge in [0.1, 0.15) is 12.1 Å². The first-order valence-corrected chi connectivity index (χ1v) is 14.4. The Bertz CT molecular complexity index is 1720. The summed E-state index contributed by atoms with van der Waals surface area (Å²) < 4.78 is 1.58. The first kappa shape index (κ1) is 27.4. The second-order valence-corrected chi connectivity index (χ2v) is 13.3. The van der Waals surface area contributed by atoms with Gasteiger partial charge < -0.3 is 25.9 Å². The molecule has 41 heavy (non-hydrogen) atoms. The fourth-order valence-corrected chi connectivity index (χ4v) is 6.25. The Kier molecular flexibility index (Phi) is 6.62. The lowest BCUT2D eigenvalue weighted by Gasteiger charge is -2.65. The number of aryl methyl sites for hydroxylation is 1. The molecule has 9 nitrogen and oxygen atoms in total. The first-order valence-electron chi connectivity index (χ1n) is 14.0. The first-order chi connectivity index (χ1) is 19.4. The maximum Gasteiger partial charge on any atom is 0.258 e. The van der Waals surface area contributed by atoms with Crippen LogP contribution in [0.4, 0.5) is 11.5 Å². The van der Waals surface area contributed by atoms with E-state index < -0.39 is 6.04 Å². The van der Waals surface area contributed by atoms with Gasteiger partial charge >= 0.3 is 0 Å². The van der Waals surface area contributed by atoms with Crippen LogP contribution in [0.15, 0.2) is 65.6 Å². The number of halogens is 1. The fourth-order valence-electron chi connectivity index (χ4n) is 5.98. The predicted octanol–water partition coefficient (Wildman–Crippen LogP) is 5.27. The molecular weight excluding hydrogens is 536 g/mol. The fraction of sp³-hybridized carbons (Fsp3) is 0.387. The Morgan fingerprint density at radius 2 is 1.95 bits per heavy atom. The van der Waals surface area contributed by atoms with Crippen LogP contribution in [0.5, 0.6) is 0 Å². The summed E-state index contributed by atoms with van der Waals surface area (Å²) in [6, 6.07) is 11.0. The van der Waals surface area contributed by atoms with Crippen molar-refractivity contribution in [3.8, 4) is 0 Å². The second-order valence-electron chi connectivity index (χ2n) is 12.8. The van der Waals surface area contributed by atoms with E-state index in [4.69, 9.17) is 23.2 Å². The highest BCUT2D eigenvalue weighted by Crippen LogP contribution is 2.59. The minimum Gasteiger partial charge on any atom is -0.399 e. The van der Waals surface area contributed by atoms with Gasteiger partial charge in [-0.25, -0.2) is 15.8 Å². The maximum absolute atomic E-state index is 13.0. The zero-order valence-electron chi connectivity index (χ0n) is 23.9. The highest BCUT2D eigenvalue weighted by Gasteiger charge is 2.59. The van der Waals surface area contributed by atoms with Gasteiger partial charge in [0.05, 0.1) is 27.8 Å². The van der Waals surface area contributed by atoms with Gasteiger partial charge in [-0.05, 0) is 65.8 Å². The van der Waals surface area contributed by atoms with Crippen LogP contribution in [0, 0.1) is 11.3 Å². The summed E-state index contributed by atoms with van der Waals surface area (Å²) in [5, 5.41) is 11.6. The molecule has 2 heterocycles. The van der Waals surface area contributed by atoms with Gasteiger partial charge in [0, 0.05) is 42.4 Å². The highest BCUT2D eigenvalue weighted by atomic mass is 35.5. The van der Waals surface area contributed by atoms with E-state index in [0.717, 1.165) is 53.7 Å². The van der Waals surface area contributed by atoms with E-state index in [1.165, 1.54) is 6.33 Å². The molecule has 2 bridgehead atoms. The molecule has 0 spiro atoms. The van der Waals surface area contributed by atoms with Crippen molar-refractivity contribution < 1.29 is 0 Å². The normalized spacial score (nSPS) is 20.8. The second kappa shape index (κ2) is 9.92. The number of nitrogens with one attached hydrogen (secondary N) is 2. The van der Waals surface area contributed by atoms with Gasteiger partial charge in [0.25, 0.3) is 5.56 Å². The summed E-state index contributed by atoms with van der Waals surface area (Å²) in [7, 11) is 1.75. The van der Waals surface area contributed by atoms with Gasteiger partial charge in [-0.1, -0.05) is 44.5 Å². The van der Waals surface area contributed by atoms with E-state index in [0.29, 0.717) is 27.4 Å². The third-order valence-corrected chi connectivity index (χ3v) is 8.72. The van der Waals surface area contributed by atoms with Crippen molar-refractivity contribution in [2.75, 3.05) is 17.2 Å². The van der Waals surface area contributed by atoms with Crippen LogP contribution >= 0.6 is 11.6 Å². The molecule has 1 unspecified atom stereocenters. The van der Waals surface area contributed by atoms with E-state index in [9.17, 15) is 4.79 Å². The number of rotatable bonds is 8. The smallest absolute Gasteiger partial charge is 0.258 e. The van der Waals surface area contributed by atoms with Crippen molar-refractivity contribution in [3.63, 3.8) is 0 Å². The summed E-state index contributed by atoms with van der Waals surface area (Å²) in [5.41, 5.74) is 9.65. The summed E-state index contributed by atoms with van der Waals surface area (Å²) in [4.78, 5) is 21.9. The van der Waals surface area contributed by atoms with Crippen molar-refractivity contribution in [3.05, 3.63) is 81.8 Å². The van der Waals surface area contributed by atoms with E-state index in [1.807, 2.05) is 42.6 Å². The van der Waals surface area contributed by atoms with Gasteiger partial charge in [-0.3, -0.25) is 4.79 Å². The van der Waals surface area contributed by atoms with Crippen LogP contribution in [-0.4, -0.2) is 31.6 Å². The summed E-state index contributed by atoms with van der Waals surface area (Å²) in [6.07, 6.45) is 8.43. The number of fused-ring (bicyclic) bond motifs is 2. The molecule has 3 saturated carbocycles. The van der Waals surface area contributed by atoms with E-state index >= 15 is 0 Å². The Morgan fingerprint density at radius 3 is 2.63 bits per heavy atom. The van der Waals surface area contributed by atoms with E-state index in [2.05, 4.69) is 41.4 Å². The molecule has 0 saturated heterocycles. The Hall–Kier alpha value is -3.82. The minimum absolute atomic E-state index is 0.00571. The van der Waals surface area contributed by atoms with Gasteiger partial charge in [-0.15, -0.1) is 0 Å². The van der Waals surface area contributed by atoms with E-state index in [-0.39, 0.29) is 16.5 Å². The van der Waals surface area contributed by atoms with Crippen molar-refractivity contribution in [2.24, 2.45) is 30.0 Å². The van der Waals surface area contributed by atoms with Gasteiger partial charge in [0.2, 0.25) is 0 Å². The molecule has 2 aromatic heterocycles. The van der Waals surface area contributed by atoms with Crippen molar-refractivity contribution in [2.45, 2.75) is 51.6 Å². The van der Waals surface area contributed by atoms with Crippen molar-refractivity contribution in [1.29, 1.82) is 0 Å². The lowest BCUT2D eigenvalue weighted by molar-refractivity contribution is -0.124. The molecule has 3 aliphatic rings. The van der Waals surface area contributed by atoms with Gasteiger partial charge in [0.15, 0.2) is 0 Å². The average Bonchev–Trinajstić information content (AvgIpc) is 2.85. The van der Waals surface area contributed by atoms with Crippen LogP contribution < -0.4 is 27.8 Å². The molecule has 214 valence electrons. The molecule has 3 aliphatic carbocycles. The van der Waals surface area contributed by atoms with Crippen LogP contribution in [0.2, 0.25) is 5.02 Å². The number of hydrogen-bond acceptors (Lipinski definition) is 8. The number of hydrogen-bond donors (Lipinski definition) is 4. The molecular formula is C31H37ClN8O. The Morgan fingerprint density at radius 1 is 1.20 bits per heavy atom. The molecule has 0 radical (unpaired) electrons. The summed E-state index contributed by atoms with van der Waals surface area (Å²) in [5.74, 6) is 8.04. The number of anilines is 2. The number of nitrogens with zero attached hydrogens (tertiary/aromatic N) is 4. The SMILES string of the molecule is Cn1ccc2c(C(Nc3cc(Cl)c4ncnc(NCC(C)(C)C)c4c3)/C(N)=C/N(N)C34CC(C3)C4)cccc2c1=O. The zero-order chi connectivity index (χ0) is 29.1. The molecule has 0 amide bonds.